The van der Waals surface area contributed by atoms with Gasteiger partial charge in [0, 0.05) is 47.4 Å². The molecule has 4 fully saturated rings. The number of pyridine rings is 1. The van der Waals surface area contributed by atoms with E-state index in [2.05, 4.69) is 42.6 Å². The normalized spacial score (nSPS) is 38.5. The molecule has 1 unspecified atom stereocenters. The molecule has 1 aromatic heterocycles. The molecule has 5 rings (SSSR count). The van der Waals surface area contributed by atoms with Gasteiger partial charge in [-0.3, -0.25) is 24.3 Å². The van der Waals surface area contributed by atoms with Crippen molar-refractivity contribution in [1.29, 1.82) is 0 Å². The number of nitrogens with one attached hydrogen (secondary N) is 1. The fourth-order valence-corrected chi connectivity index (χ4v) is 9.95. The molecule has 1 aromatic rings. The van der Waals surface area contributed by atoms with Crippen molar-refractivity contribution < 1.29 is 29.3 Å². The second-order valence-electron chi connectivity index (χ2n) is 14.7. The highest BCUT2D eigenvalue weighted by atomic mass is 32.2. The van der Waals surface area contributed by atoms with Crippen molar-refractivity contribution >= 4 is 35.1 Å². The Hall–Kier alpha value is -2.27. The molecule has 3 N–H and O–H groups in total. The molecule has 4 aliphatic rings. The number of piperidine rings is 1. The zero-order valence-electron chi connectivity index (χ0n) is 27.3. The van der Waals surface area contributed by atoms with Crippen LogP contribution in [0.4, 0.5) is 5.69 Å². The first kappa shape index (κ1) is 34.1. The van der Waals surface area contributed by atoms with Gasteiger partial charge < -0.3 is 20.3 Å². The number of ether oxygens (including phenoxy) is 1. The fourth-order valence-electron chi connectivity index (χ4n) is 9.25. The summed E-state index contributed by atoms with van der Waals surface area (Å²) in [4.78, 5) is 46.9. The third-order valence-corrected chi connectivity index (χ3v) is 13.1. The molecule has 0 spiro atoms. The maximum atomic E-state index is 13.6. The number of hydrogen-bond acceptors (Lipinski definition) is 9. The fraction of sp³-hybridized carbons (Fsp3) is 0.714. The number of rotatable bonds is 9. The number of aliphatic hydroxyl groups excluding tert-OH is 2. The third kappa shape index (κ3) is 6.49. The standard InChI is InChI=1S/C35H51N3O6S/c1-6-33(4)15-28(34(5)22(2)9-11-35(23(3)32(33)43)12-10-27(40)31(34)35)44-30(42)21-45-26-14-25(16-36-17-26)37-29(41)19-38-13-7-8-24(18-38)20-39/h6,14,16-17,22-24,28,31-32,39,43H,1,7-13,15,18-21H2,2-5H3,(H,37,41)/t22-,23+,24?,28-,31+,32+,33-,34+,35+/m1/s1. The number of ketones is 1. The zero-order chi connectivity index (χ0) is 32.6. The van der Waals surface area contributed by atoms with E-state index in [4.69, 9.17) is 4.74 Å². The quantitative estimate of drug-likeness (QED) is 0.199. The van der Waals surface area contributed by atoms with E-state index < -0.39 is 23.0 Å². The highest BCUT2D eigenvalue weighted by Gasteiger charge is 2.68. The molecule has 3 aliphatic carbocycles. The number of Topliss-reactive ketones (excluding diaryl/α,β-unsaturated/α-hetero) is 1. The van der Waals surface area contributed by atoms with Gasteiger partial charge in [-0.1, -0.05) is 33.8 Å². The van der Waals surface area contributed by atoms with Gasteiger partial charge in [-0.25, -0.2) is 0 Å². The van der Waals surface area contributed by atoms with Crippen LogP contribution in [-0.2, 0) is 19.1 Å². The molecule has 3 saturated carbocycles. The summed E-state index contributed by atoms with van der Waals surface area (Å²) in [6.07, 6.45) is 9.23. The Morgan fingerprint density at radius 2 is 2.02 bits per heavy atom. The lowest BCUT2D eigenvalue weighted by molar-refractivity contribution is -0.205. The van der Waals surface area contributed by atoms with E-state index in [-0.39, 0.29) is 65.7 Å². The number of thioether (sulfide) groups is 1. The number of carbonyl (C=O) groups excluding carboxylic acids is 3. The van der Waals surface area contributed by atoms with Gasteiger partial charge in [0.25, 0.3) is 0 Å². The topological polar surface area (TPSA) is 129 Å². The number of aliphatic hydroxyl groups is 2. The van der Waals surface area contributed by atoms with Crippen LogP contribution in [0, 0.1) is 39.9 Å². The van der Waals surface area contributed by atoms with Crippen LogP contribution in [0.2, 0.25) is 0 Å². The first-order valence-electron chi connectivity index (χ1n) is 16.6. The average molecular weight is 642 g/mol. The SMILES string of the molecule is C=C[C@]1(C)C[C@@H](OC(=O)CSc2cncc(NC(=O)CN3CCCC(CO)C3)c2)[C@]2(C)[C@H](C)CC[C@]3(CCC(=O)[C@H]32)[C@@H](C)[C@@H]1O. The molecule has 248 valence electrons. The van der Waals surface area contributed by atoms with Gasteiger partial charge >= 0.3 is 5.97 Å². The van der Waals surface area contributed by atoms with Gasteiger partial charge in [-0.2, -0.15) is 0 Å². The van der Waals surface area contributed by atoms with E-state index in [9.17, 15) is 24.6 Å². The van der Waals surface area contributed by atoms with Crippen LogP contribution in [0.15, 0.2) is 36.0 Å². The number of anilines is 1. The van der Waals surface area contributed by atoms with Crippen LogP contribution >= 0.6 is 11.8 Å². The molecule has 9 nitrogen and oxygen atoms in total. The van der Waals surface area contributed by atoms with E-state index in [1.54, 1.807) is 18.5 Å². The number of aromatic nitrogens is 1. The van der Waals surface area contributed by atoms with Crippen LogP contribution in [0.1, 0.15) is 72.6 Å². The van der Waals surface area contributed by atoms with E-state index in [0.29, 0.717) is 25.1 Å². The summed E-state index contributed by atoms with van der Waals surface area (Å²) >= 11 is 1.29. The third-order valence-electron chi connectivity index (χ3n) is 12.2. The summed E-state index contributed by atoms with van der Waals surface area (Å²) in [6.45, 7) is 14.4. The van der Waals surface area contributed by atoms with E-state index >= 15 is 0 Å². The highest BCUT2D eigenvalue weighted by molar-refractivity contribution is 8.00. The van der Waals surface area contributed by atoms with Gasteiger partial charge in [-0.15, -0.1) is 18.3 Å². The number of carbonyl (C=O) groups is 3. The van der Waals surface area contributed by atoms with Crippen LogP contribution in [-0.4, -0.2) is 82.0 Å². The summed E-state index contributed by atoms with van der Waals surface area (Å²) in [5.74, 6) is -0.204. The minimum absolute atomic E-state index is 0.0455. The molecule has 2 bridgehead atoms. The Labute approximate surface area is 272 Å². The van der Waals surface area contributed by atoms with Crippen molar-refractivity contribution in [3.63, 3.8) is 0 Å². The van der Waals surface area contributed by atoms with E-state index in [0.717, 1.165) is 43.5 Å². The predicted octanol–water partition coefficient (Wildman–Crippen LogP) is 4.72. The first-order valence-corrected chi connectivity index (χ1v) is 17.6. The number of esters is 1. The molecule has 45 heavy (non-hydrogen) atoms. The zero-order valence-corrected chi connectivity index (χ0v) is 28.1. The van der Waals surface area contributed by atoms with Crippen molar-refractivity contribution in [3.05, 3.63) is 31.1 Å². The maximum Gasteiger partial charge on any atom is 0.316 e. The Kier molecular flexibility index (Phi) is 10.2. The van der Waals surface area contributed by atoms with Crippen LogP contribution < -0.4 is 5.32 Å². The Bertz CT molecular complexity index is 1290. The van der Waals surface area contributed by atoms with Gasteiger partial charge in [0.2, 0.25) is 5.91 Å². The summed E-state index contributed by atoms with van der Waals surface area (Å²) in [6, 6.07) is 1.80. The number of likely N-dealkylation sites (tertiary alicyclic amines) is 1. The monoisotopic (exact) mass is 641 g/mol. The van der Waals surface area contributed by atoms with Gasteiger partial charge in [0.05, 0.1) is 30.3 Å². The van der Waals surface area contributed by atoms with Gasteiger partial charge in [0.1, 0.15) is 11.9 Å². The Morgan fingerprint density at radius 1 is 1.24 bits per heavy atom. The Balaban J connectivity index is 1.27. The second-order valence-corrected chi connectivity index (χ2v) is 15.8. The van der Waals surface area contributed by atoms with Crippen molar-refractivity contribution in [2.45, 2.75) is 89.7 Å². The van der Waals surface area contributed by atoms with Gasteiger partial charge in [-0.05, 0) is 74.3 Å². The molecular formula is C35H51N3O6S. The number of nitrogens with zero attached hydrogens (tertiary/aromatic N) is 2. The molecule has 2 heterocycles. The Morgan fingerprint density at radius 3 is 2.76 bits per heavy atom. The second kappa shape index (κ2) is 13.5. The van der Waals surface area contributed by atoms with Crippen LogP contribution in [0.5, 0.6) is 0 Å². The number of amides is 1. The largest absolute Gasteiger partial charge is 0.461 e. The molecule has 0 aromatic carbocycles. The lowest BCUT2D eigenvalue weighted by Gasteiger charge is -2.61. The summed E-state index contributed by atoms with van der Waals surface area (Å²) in [5.41, 5.74) is -0.989. The highest BCUT2D eigenvalue weighted by Crippen LogP contribution is 2.68. The molecule has 1 aliphatic heterocycles. The number of hydrogen-bond donors (Lipinski definition) is 3. The van der Waals surface area contributed by atoms with E-state index in [1.807, 2.05) is 13.0 Å². The lowest BCUT2D eigenvalue weighted by atomic mass is 9.44. The minimum atomic E-state index is -0.702. The molecule has 9 atom stereocenters. The minimum Gasteiger partial charge on any atom is -0.461 e. The van der Waals surface area contributed by atoms with E-state index in [1.165, 1.54) is 11.8 Å². The van der Waals surface area contributed by atoms with Crippen molar-refractivity contribution in [3.8, 4) is 0 Å². The molecule has 0 radical (unpaired) electrons. The van der Waals surface area contributed by atoms with Crippen molar-refractivity contribution in [2.75, 3.05) is 37.3 Å². The molecule has 1 amide bonds. The van der Waals surface area contributed by atoms with Gasteiger partial charge in [0.15, 0.2) is 0 Å². The predicted molar refractivity (Wildman–Crippen MR) is 174 cm³/mol. The summed E-state index contributed by atoms with van der Waals surface area (Å²) < 4.78 is 6.35. The average Bonchev–Trinajstić information content (AvgIpc) is 3.38. The van der Waals surface area contributed by atoms with Crippen LogP contribution in [0.25, 0.3) is 0 Å². The smallest absolute Gasteiger partial charge is 0.316 e. The van der Waals surface area contributed by atoms with Crippen molar-refractivity contribution in [1.82, 2.24) is 9.88 Å². The maximum absolute atomic E-state index is 13.6. The molecule has 1 saturated heterocycles. The molecule has 10 heteroatoms. The summed E-state index contributed by atoms with van der Waals surface area (Å²) in [7, 11) is 0. The summed E-state index contributed by atoms with van der Waals surface area (Å²) in [5, 5.41) is 24.1. The van der Waals surface area contributed by atoms with Crippen LogP contribution in [0.3, 0.4) is 0 Å². The molecular weight excluding hydrogens is 590 g/mol. The van der Waals surface area contributed by atoms with Crippen molar-refractivity contribution in [2.24, 2.45) is 39.9 Å². The lowest BCUT2D eigenvalue weighted by Crippen LogP contribution is -2.63. The first-order chi connectivity index (χ1) is 21.4.